The van der Waals surface area contributed by atoms with Crippen LogP contribution in [0.15, 0.2) is 188 Å². The minimum absolute atomic E-state index is 0.159. The fourth-order valence-corrected chi connectivity index (χ4v) is 14.1. The van der Waals surface area contributed by atoms with E-state index in [9.17, 15) is 0 Å². The van der Waals surface area contributed by atoms with Gasteiger partial charge in [0.15, 0.2) is 0 Å². The predicted molar refractivity (Wildman–Crippen MR) is 291 cm³/mol. The number of hydrogen-bond donors (Lipinski definition) is 0. The van der Waals surface area contributed by atoms with Crippen LogP contribution in [0.25, 0.3) is 44.2 Å². The summed E-state index contributed by atoms with van der Waals surface area (Å²) in [5.41, 5.74) is 21.4. The lowest BCUT2D eigenvalue weighted by Gasteiger charge is -2.41. The van der Waals surface area contributed by atoms with Crippen molar-refractivity contribution in [2.24, 2.45) is 0 Å². The van der Waals surface area contributed by atoms with Gasteiger partial charge in [-0.05, 0) is 152 Å². The van der Waals surface area contributed by atoms with Gasteiger partial charge in [0.2, 0.25) is 0 Å². The first-order chi connectivity index (χ1) is 34.5. The number of nitrogens with zero attached hydrogens (tertiary/aromatic N) is 1. The number of fused-ring (bicyclic) bond motifs is 13. The molecule has 0 amide bonds. The van der Waals surface area contributed by atoms with E-state index in [4.69, 9.17) is 4.74 Å². The molecule has 1 aliphatic heterocycles. The Balaban J connectivity index is 1.05. The van der Waals surface area contributed by atoms with Crippen LogP contribution >= 0.6 is 0 Å². The first-order valence-electron chi connectivity index (χ1n) is 26.3. The van der Waals surface area contributed by atoms with Crippen LogP contribution in [-0.2, 0) is 10.8 Å². The molecular weight excluding hydrogens is 847 g/mol. The van der Waals surface area contributed by atoms with Crippen molar-refractivity contribution in [2.75, 3.05) is 4.90 Å². The molecule has 0 saturated heterocycles. The molecule has 0 bridgehead atoms. The standard InChI is InChI=1S/C68H59NO/c1-67(2)58-29-14-11-25-53(58)55-36-34-49(42-60(55)67)69(64-31-16-13-27-57(64)52-28-17-23-46-22-9-10-24-51(46)52)50-35-37-56-54-26-12-15-30-59(54)68(61(56)43-50)62-40-47(44-18-5-3-6-19-44)32-38-65(62)70-66-39-33-48(41-63(66)68)45-20-7-4-8-21-45/h9-17,22-45H,3-8,18-21H2,1-2H3. The lowest BCUT2D eigenvalue weighted by Crippen LogP contribution is -2.33. The van der Waals surface area contributed by atoms with Gasteiger partial charge in [-0.2, -0.15) is 0 Å². The number of para-hydroxylation sites is 1. The van der Waals surface area contributed by atoms with Gasteiger partial charge in [-0.25, -0.2) is 0 Å². The van der Waals surface area contributed by atoms with Gasteiger partial charge in [0, 0.05) is 33.5 Å². The highest BCUT2D eigenvalue weighted by atomic mass is 16.5. The number of hydrogen-bond acceptors (Lipinski definition) is 2. The second kappa shape index (κ2) is 16.2. The molecule has 0 atom stereocenters. The van der Waals surface area contributed by atoms with Gasteiger partial charge in [-0.15, -0.1) is 0 Å². The maximum atomic E-state index is 7.17. The van der Waals surface area contributed by atoms with Gasteiger partial charge >= 0.3 is 0 Å². The van der Waals surface area contributed by atoms with Gasteiger partial charge in [0.05, 0.1) is 11.1 Å². The van der Waals surface area contributed by atoms with E-state index in [1.807, 2.05) is 0 Å². The average molecular weight is 906 g/mol. The van der Waals surface area contributed by atoms with E-state index in [1.165, 1.54) is 153 Å². The maximum absolute atomic E-state index is 7.17. The third-order valence-electron chi connectivity index (χ3n) is 17.5. The Labute approximate surface area is 413 Å². The second-order valence-electron chi connectivity index (χ2n) is 21.6. The Hall–Kier alpha value is -7.16. The van der Waals surface area contributed by atoms with E-state index in [2.05, 4.69) is 207 Å². The number of ether oxygens (including phenoxy) is 1. The molecule has 1 spiro atoms. The van der Waals surface area contributed by atoms with Gasteiger partial charge < -0.3 is 9.64 Å². The van der Waals surface area contributed by atoms with Crippen LogP contribution in [0.3, 0.4) is 0 Å². The summed E-state index contributed by atoms with van der Waals surface area (Å²) in [6, 6.07) is 72.3. The Morgan fingerprint density at radius 3 is 1.56 bits per heavy atom. The minimum Gasteiger partial charge on any atom is -0.457 e. The van der Waals surface area contributed by atoms with Gasteiger partial charge in [-0.1, -0.05) is 198 Å². The summed E-state index contributed by atoms with van der Waals surface area (Å²) in [5.74, 6) is 3.07. The smallest absolute Gasteiger partial charge is 0.132 e. The van der Waals surface area contributed by atoms with Crippen LogP contribution in [0.5, 0.6) is 11.5 Å². The molecule has 5 aliphatic rings. The van der Waals surface area contributed by atoms with E-state index in [1.54, 1.807) is 0 Å². The summed E-state index contributed by atoms with van der Waals surface area (Å²) in [6.07, 6.45) is 12.9. The van der Waals surface area contributed by atoms with Crippen LogP contribution in [0.1, 0.15) is 134 Å². The molecule has 0 aromatic heterocycles. The molecule has 2 fully saturated rings. The Morgan fingerprint density at radius 2 is 0.886 bits per heavy atom. The second-order valence-corrected chi connectivity index (χ2v) is 21.6. The summed E-state index contributed by atoms with van der Waals surface area (Å²) >= 11 is 0. The van der Waals surface area contributed by atoms with Gasteiger partial charge in [-0.3, -0.25) is 0 Å². The Bertz CT molecular complexity index is 3470. The summed E-state index contributed by atoms with van der Waals surface area (Å²) in [7, 11) is 0. The molecule has 9 aromatic rings. The van der Waals surface area contributed by atoms with Crippen LogP contribution in [0.4, 0.5) is 17.1 Å². The van der Waals surface area contributed by atoms with Crippen LogP contribution in [0, 0.1) is 0 Å². The van der Waals surface area contributed by atoms with E-state index < -0.39 is 5.41 Å². The summed E-state index contributed by atoms with van der Waals surface area (Å²) in [5, 5.41) is 2.50. The molecule has 2 heteroatoms. The van der Waals surface area contributed by atoms with Gasteiger partial charge in [0.25, 0.3) is 0 Å². The van der Waals surface area contributed by atoms with Gasteiger partial charge in [0.1, 0.15) is 11.5 Å². The lowest BCUT2D eigenvalue weighted by molar-refractivity contribution is 0.424. The summed E-state index contributed by atoms with van der Waals surface area (Å²) in [4.78, 5) is 2.57. The SMILES string of the molecule is CC1(C)c2ccccc2-c2ccc(N(c3ccc4c(c3)C3(c5cc(C6CCCCC6)ccc5Oc5ccc(C6CCCCC6)cc53)c3ccccc3-4)c3ccccc3-c3cccc4ccccc34)cc21. The fraction of sp³-hybridized carbons (Fsp3) is 0.235. The molecule has 2 saturated carbocycles. The normalized spacial score (nSPS) is 17.2. The van der Waals surface area contributed by atoms with Crippen LogP contribution in [-0.4, -0.2) is 0 Å². The van der Waals surface area contributed by atoms with Crippen LogP contribution in [0.2, 0.25) is 0 Å². The molecule has 0 radical (unpaired) electrons. The van der Waals surface area contributed by atoms with E-state index in [-0.39, 0.29) is 5.41 Å². The van der Waals surface area contributed by atoms with E-state index in [0.717, 1.165) is 28.6 Å². The molecule has 4 aliphatic carbocycles. The number of benzene rings is 9. The van der Waals surface area contributed by atoms with Crippen molar-refractivity contribution in [3.63, 3.8) is 0 Å². The lowest BCUT2D eigenvalue weighted by atomic mass is 9.64. The number of rotatable bonds is 6. The first kappa shape index (κ1) is 41.8. The molecule has 342 valence electrons. The number of anilines is 3. The van der Waals surface area contributed by atoms with Crippen molar-refractivity contribution in [1.29, 1.82) is 0 Å². The zero-order chi connectivity index (χ0) is 46.6. The largest absolute Gasteiger partial charge is 0.457 e. The molecule has 2 nitrogen and oxygen atoms in total. The maximum Gasteiger partial charge on any atom is 0.132 e. The van der Waals surface area contributed by atoms with E-state index >= 15 is 0 Å². The third kappa shape index (κ3) is 6.24. The molecular formula is C68H59NO. The Morgan fingerprint density at radius 1 is 0.386 bits per heavy atom. The molecule has 0 N–H and O–H groups in total. The highest BCUT2D eigenvalue weighted by Crippen LogP contribution is 2.64. The topological polar surface area (TPSA) is 12.5 Å². The van der Waals surface area contributed by atoms with Crippen LogP contribution < -0.4 is 9.64 Å². The molecule has 14 rings (SSSR count). The van der Waals surface area contributed by atoms with Crippen molar-refractivity contribution in [1.82, 2.24) is 0 Å². The monoisotopic (exact) mass is 905 g/mol. The van der Waals surface area contributed by atoms with E-state index in [0.29, 0.717) is 11.8 Å². The summed E-state index contributed by atoms with van der Waals surface area (Å²) < 4.78 is 7.17. The first-order valence-corrected chi connectivity index (χ1v) is 26.3. The zero-order valence-corrected chi connectivity index (χ0v) is 40.5. The fourth-order valence-electron chi connectivity index (χ4n) is 14.1. The predicted octanol–water partition coefficient (Wildman–Crippen LogP) is 18.8. The quantitative estimate of drug-likeness (QED) is 0.165. The zero-order valence-electron chi connectivity index (χ0n) is 40.5. The highest BCUT2D eigenvalue weighted by molar-refractivity contribution is 6.02. The highest BCUT2D eigenvalue weighted by Gasteiger charge is 2.52. The Kier molecular flexibility index (Phi) is 9.67. The van der Waals surface area contributed by atoms with Crippen molar-refractivity contribution >= 4 is 27.8 Å². The molecule has 9 aromatic carbocycles. The molecule has 0 unspecified atom stereocenters. The van der Waals surface area contributed by atoms with Crippen molar-refractivity contribution < 1.29 is 4.74 Å². The van der Waals surface area contributed by atoms with Crippen molar-refractivity contribution in [3.8, 4) is 44.9 Å². The van der Waals surface area contributed by atoms with Crippen molar-refractivity contribution in [3.05, 3.63) is 233 Å². The molecule has 1 heterocycles. The van der Waals surface area contributed by atoms with Crippen molar-refractivity contribution in [2.45, 2.75) is 101 Å². The summed E-state index contributed by atoms with van der Waals surface area (Å²) in [6.45, 7) is 4.80. The average Bonchev–Trinajstić information content (AvgIpc) is 3.83. The molecule has 70 heavy (non-hydrogen) atoms. The third-order valence-corrected chi connectivity index (χ3v) is 17.5. The minimum atomic E-state index is -0.595.